The zero-order valence-corrected chi connectivity index (χ0v) is 11.7. The summed E-state index contributed by atoms with van der Waals surface area (Å²) < 4.78 is 0. The molecule has 2 rings (SSSR count). The van der Waals surface area contributed by atoms with Crippen molar-refractivity contribution in [2.75, 3.05) is 18.9 Å². The van der Waals surface area contributed by atoms with Crippen molar-refractivity contribution >= 4 is 23.4 Å². The van der Waals surface area contributed by atoms with Crippen molar-refractivity contribution in [1.82, 2.24) is 4.90 Å². The van der Waals surface area contributed by atoms with Gasteiger partial charge in [-0.15, -0.1) is 11.8 Å². The molecule has 0 aliphatic heterocycles. The highest BCUT2D eigenvalue weighted by Crippen LogP contribution is 2.28. The number of hydrogen-bond acceptors (Lipinski definition) is 5. The topological polar surface area (TPSA) is 83.7 Å². The van der Waals surface area contributed by atoms with Gasteiger partial charge in [0.1, 0.15) is 0 Å². The molecule has 0 radical (unpaired) electrons. The van der Waals surface area contributed by atoms with Gasteiger partial charge in [-0.05, 0) is 25.0 Å². The van der Waals surface area contributed by atoms with Crippen LogP contribution in [0.3, 0.4) is 0 Å². The minimum atomic E-state index is -0.449. The molecule has 1 aromatic carbocycles. The fraction of sp³-hybridized carbons (Fsp3) is 0.462. The summed E-state index contributed by atoms with van der Waals surface area (Å²) in [6, 6.07) is 6.43. The summed E-state index contributed by atoms with van der Waals surface area (Å²) in [6.45, 7) is 0.356. The third-order valence-corrected chi connectivity index (χ3v) is 4.06. The van der Waals surface area contributed by atoms with Crippen LogP contribution in [0.15, 0.2) is 29.2 Å². The molecule has 7 heteroatoms. The Kier molecular flexibility index (Phi) is 4.97. The molecule has 0 atom stereocenters. The minimum absolute atomic E-state index is 0.00454. The summed E-state index contributed by atoms with van der Waals surface area (Å²) in [6.07, 6.45) is 2.02. The highest BCUT2D eigenvalue weighted by molar-refractivity contribution is 8.00. The van der Waals surface area contributed by atoms with Gasteiger partial charge in [0.15, 0.2) is 0 Å². The van der Waals surface area contributed by atoms with Crippen molar-refractivity contribution in [3.63, 3.8) is 0 Å². The molecule has 6 nitrogen and oxygen atoms in total. The van der Waals surface area contributed by atoms with Gasteiger partial charge in [-0.3, -0.25) is 14.9 Å². The van der Waals surface area contributed by atoms with Gasteiger partial charge in [-0.25, -0.2) is 0 Å². The Bertz CT molecular complexity index is 488. The first-order chi connectivity index (χ1) is 9.61. The molecule has 20 heavy (non-hydrogen) atoms. The van der Waals surface area contributed by atoms with Crippen molar-refractivity contribution in [2.45, 2.75) is 23.8 Å². The Labute approximate surface area is 120 Å². The van der Waals surface area contributed by atoms with Crippen LogP contribution in [0.5, 0.6) is 0 Å². The van der Waals surface area contributed by atoms with E-state index < -0.39 is 4.92 Å². The Balaban J connectivity index is 1.87. The van der Waals surface area contributed by atoms with E-state index in [1.165, 1.54) is 23.9 Å². The Hall–Kier alpha value is -1.60. The number of carbonyl (C=O) groups is 1. The van der Waals surface area contributed by atoms with E-state index in [-0.39, 0.29) is 30.0 Å². The van der Waals surface area contributed by atoms with Crippen LogP contribution in [0.2, 0.25) is 0 Å². The molecule has 1 aliphatic carbocycles. The van der Waals surface area contributed by atoms with Gasteiger partial charge in [0.2, 0.25) is 5.91 Å². The second kappa shape index (κ2) is 6.71. The van der Waals surface area contributed by atoms with Gasteiger partial charge in [-0.2, -0.15) is 0 Å². The zero-order chi connectivity index (χ0) is 14.5. The van der Waals surface area contributed by atoms with E-state index in [1.807, 2.05) is 0 Å². The first-order valence-electron chi connectivity index (χ1n) is 6.39. The fourth-order valence-electron chi connectivity index (χ4n) is 1.90. The van der Waals surface area contributed by atoms with Crippen molar-refractivity contribution in [1.29, 1.82) is 0 Å². The van der Waals surface area contributed by atoms with Gasteiger partial charge in [-0.1, -0.05) is 0 Å². The zero-order valence-electron chi connectivity index (χ0n) is 10.9. The maximum Gasteiger partial charge on any atom is 0.269 e. The van der Waals surface area contributed by atoms with Gasteiger partial charge >= 0.3 is 0 Å². The molecule has 108 valence electrons. The summed E-state index contributed by atoms with van der Waals surface area (Å²) >= 11 is 1.35. The average Bonchev–Trinajstić information content (AvgIpc) is 3.27. The summed E-state index contributed by atoms with van der Waals surface area (Å²) in [5.74, 6) is 0.291. The number of rotatable bonds is 7. The second-order valence-corrected chi connectivity index (χ2v) is 5.63. The number of hydrogen-bond donors (Lipinski definition) is 1. The Morgan fingerprint density at radius 3 is 2.55 bits per heavy atom. The summed E-state index contributed by atoms with van der Waals surface area (Å²) in [5.41, 5.74) is 0.0422. The second-order valence-electron chi connectivity index (χ2n) is 4.58. The Morgan fingerprint density at radius 2 is 2.05 bits per heavy atom. The van der Waals surface area contributed by atoms with E-state index in [0.29, 0.717) is 6.54 Å². The molecule has 0 spiro atoms. The highest BCUT2D eigenvalue weighted by Gasteiger charge is 2.31. The van der Waals surface area contributed by atoms with E-state index in [0.717, 1.165) is 17.7 Å². The van der Waals surface area contributed by atoms with E-state index in [4.69, 9.17) is 5.11 Å². The van der Waals surface area contributed by atoms with E-state index >= 15 is 0 Å². The number of nitrogens with zero attached hydrogens (tertiary/aromatic N) is 2. The molecule has 1 amide bonds. The standard InChI is InChI=1S/C13H16N2O4S/c16-8-7-14(10-1-2-10)13(17)9-20-12-5-3-11(4-6-12)15(18)19/h3-6,10,16H,1-2,7-9H2. The largest absolute Gasteiger partial charge is 0.395 e. The monoisotopic (exact) mass is 296 g/mol. The molecular formula is C13H16N2O4S. The maximum atomic E-state index is 12.0. The molecule has 0 bridgehead atoms. The SMILES string of the molecule is O=C(CSc1ccc([N+](=O)[O-])cc1)N(CCO)C1CC1. The van der Waals surface area contributed by atoms with Crippen LogP contribution in [0.4, 0.5) is 5.69 Å². The van der Waals surface area contributed by atoms with E-state index in [2.05, 4.69) is 0 Å². The Morgan fingerprint density at radius 1 is 1.40 bits per heavy atom. The minimum Gasteiger partial charge on any atom is -0.395 e. The van der Waals surface area contributed by atoms with E-state index in [1.54, 1.807) is 17.0 Å². The number of carbonyl (C=O) groups excluding carboxylic acids is 1. The molecule has 0 unspecified atom stereocenters. The maximum absolute atomic E-state index is 12.0. The highest BCUT2D eigenvalue weighted by atomic mass is 32.2. The summed E-state index contributed by atoms with van der Waals surface area (Å²) in [4.78, 5) is 24.7. The lowest BCUT2D eigenvalue weighted by Gasteiger charge is -2.21. The van der Waals surface area contributed by atoms with Crippen LogP contribution in [0.25, 0.3) is 0 Å². The van der Waals surface area contributed by atoms with Crippen LogP contribution in [0.1, 0.15) is 12.8 Å². The normalized spacial score (nSPS) is 14.1. The third-order valence-electron chi connectivity index (χ3n) is 3.06. The van der Waals surface area contributed by atoms with Gasteiger partial charge in [0.25, 0.3) is 5.69 Å². The van der Waals surface area contributed by atoms with Crippen LogP contribution >= 0.6 is 11.8 Å². The predicted molar refractivity (Wildman–Crippen MR) is 75.6 cm³/mol. The van der Waals surface area contributed by atoms with Crippen LogP contribution in [0, 0.1) is 10.1 Å². The number of thioether (sulfide) groups is 1. The number of aliphatic hydroxyl groups is 1. The third kappa shape index (κ3) is 3.94. The molecule has 1 saturated carbocycles. The van der Waals surface area contributed by atoms with Crippen LogP contribution in [-0.2, 0) is 4.79 Å². The lowest BCUT2D eigenvalue weighted by Crippen LogP contribution is -2.36. The average molecular weight is 296 g/mol. The van der Waals surface area contributed by atoms with Crippen molar-refractivity contribution in [2.24, 2.45) is 0 Å². The van der Waals surface area contributed by atoms with E-state index in [9.17, 15) is 14.9 Å². The lowest BCUT2D eigenvalue weighted by molar-refractivity contribution is -0.384. The number of nitro groups is 1. The number of non-ortho nitro benzene ring substituents is 1. The van der Waals surface area contributed by atoms with Crippen LogP contribution in [-0.4, -0.2) is 45.8 Å². The predicted octanol–water partition coefficient (Wildman–Crippen LogP) is 1.67. The quantitative estimate of drug-likeness (QED) is 0.470. The van der Waals surface area contributed by atoms with Gasteiger partial charge in [0.05, 0.1) is 17.3 Å². The first-order valence-corrected chi connectivity index (χ1v) is 7.38. The van der Waals surface area contributed by atoms with Crippen LogP contribution < -0.4 is 0 Å². The summed E-state index contributed by atoms with van der Waals surface area (Å²) in [5, 5.41) is 19.5. The summed E-state index contributed by atoms with van der Waals surface area (Å²) in [7, 11) is 0. The molecule has 0 heterocycles. The van der Waals surface area contributed by atoms with Crippen molar-refractivity contribution in [3.05, 3.63) is 34.4 Å². The lowest BCUT2D eigenvalue weighted by atomic mass is 10.3. The molecule has 1 fully saturated rings. The van der Waals surface area contributed by atoms with Gasteiger partial charge in [0, 0.05) is 29.6 Å². The molecule has 0 saturated heterocycles. The molecule has 1 N–H and O–H groups in total. The van der Waals surface area contributed by atoms with Crippen molar-refractivity contribution in [3.8, 4) is 0 Å². The first kappa shape index (κ1) is 14.8. The van der Waals surface area contributed by atoms with Crippen molar-refractivity contribution < 1.29 is 14.8 Å². The molecular weight excluding hydrogens is 280 g/mol. The number of aliphatic hydroxyl groups excluding tert-OH is 1. The smallest absolute Gasteiger partial charge is 0.269 e. The number of benzene rings is 1. The number of nitro benzene ring substituents is 1. The molecule has 1 aromatic rings. The fourth-order valence-corrected chi connectivity index (χ4v) is 2.68. The van der Waals surface area contributed by atoms with Gasteiger partial charge < -0.3 is 10.0 Å². The molecule has 0 aromatic heterocycles. The number of amides is 1. The molecule has 1 aliphatic rings.